The maximum atomic E-state index is 9.45. The Morgan fingerprint density at radius 1 is 1.28 bits per heavy atom. The predicted molar refractivity (Wildman–Crippen MR) is 74.9 cm³/mol. The molecule has 0 fully saturated rings. The van der Waals surface area contributed by atoms with E-state index in [0.29, 0.717) is 0 Å². The lowest BCUT2D eigenvalue weighted by Crippen LogP contribution is -2.33. The van der Waals surface area contributed by atoms with Crippen molar-refractivity contribution in [3.05, 3.63) is 0 Å². The molecule has 0 saturated carbocycles. The van der Waals surface area contributed by atoms with Gasteiger partial charge in [0.15, 0.2) is 0 Å². The first-order valence-corrected chi connectivity index (χ1v) is 8.22. The Balaban J connectivity index is 0. The minimum atomic E-state index is -4.42. The lowest BCUT2D eigenvalue weighted by molar-refractivity contribution is -0.466. The zero-order valence-corrected chi connectivity index (χ0v) is 13.6. The smallest absolute Gasteiger partial charge is 0.307 e. The molecule has 110 valence electrons. The second kappa shape index (κ2) is 10.6. The van der Waals surface area contributed by atoms with Gasteiger partial charge in [-0.3, -0.25) is 13.7 Å². The van der Waals surface area contributed by atoms with Crippen LogP contribution in [0.15, 0.2) is 0 Å². The quantitative estimate of drug-likeness (QED) is 0.251. The summed E-state index contributed by atoms with van der Waals surface area (Å²) in [6, 6.07) is 0. The van der Waals surface area contributed by atoms with Crippen LogP contribution < -0.4 is 0 Å². The van der Waals surface area contributed by atoms with E-state index in [1.165, 1.54) is 12.1 Å². The summed E-state index contributed by atoms with van der Waals surface area (Å²) in [5.74, 6) is 0. The molecule has 0 saturated heterocycles. The molecule has 8 heteroatoms. The molecule has 0 N–H and O–H groups in total. The molecule has 0 amide bonds. The van der Waals surface area contributed by atoms with Crippen molar-refractivity contribution in [2.45, 2.75) is 20.8 Å². The minimum absolute atomic E-state index is 0.0914. The SMILES string of the molecule is CCN(CC)C(SC)=[N+](C)C.CCOS(=O)(=O)[O-]. The molecule has 0 aromatic rings. The Morgan fingerprint density at radius 3 is 1.78 bits per heavy atom. The van der Waals surface area contributed by atoms with Crippen LogP contribution in [0.2, 0.25) is 0 Å². The lowest BCUT2D eigenvalue weighted by atomic mass is 10.6. The third-order valence-corrected chi connectivity index (χ3v) is 3.37. The third kappa shape index (κ3) is 10.8. The molecule has 0 aromatic carbocycles. The first-order valence-electron chi connectivity index (χ1n) is 5.66. The van der Waals surface area contributed by atoms with Gasteiger partial charge in [-0.05, 0) is 38.8 Å². The van der Waals surface area contributed by atoms with E-state index in [0.717, 1.165) is 13.1 Å². The first kappa shape index (κ1) is 20.0. The number of hydrogen-bond acceptors (Lipinski definition) is 5. The maximum Gasteiger partial charge on any atom is 0.307 e. The molecular formula is C10H24N2O4S2. The van der Waals surface area contributed by atoms with E-state index in [1.807, 2.05) is 0 Å². The number of thioether (sulfide) groups is 1. The summed E-state index contributed by atoms with van der Waals surface area (Å²) < 4.78 is 34.2. The highest BCUT2D eigenvalue weighted by atomic mass is 32.3. The number of amidine groups is 1. The summed E-state index contributed by atoms with van der Waals surface area (Å²) >= 11 is 1.80. The molecule has 0 aliphatic carbocycles. The van der Waals surface area contributed by atoms with Crippen LogP contribution in [-0.2, 0) is 14.6 Å². The average molecular weight is 300 g/mol. The van der Waals surface area contributed by atoms with Crippen molar-refractivity contribution < 1.29 is 21.7 Å². The van der Waals surface area contributed by atoms with Gasteiger partial charge >= 0.3 is 5.17 Å². The number of nitrogens with zero attached hydrogens (tertiary/aromatic N) is 2. The highest BCUT2D eigenvalue weighted by Crippen LogP contribution is 2.02. The van der Waals surface area contributed by atoms with Crippen LogP contribution in [0.4, 0.5) is 0 Å². The Morgan fingerprint density at radius 2 is 1.72 bits per heavy atom. The zero-order chi connectivity index (χ0) is 14.8. The average Bonchev–Trinajstić information content (AvgIpc) is 2.24. The van der Waals surface area contributed by atoms with Crippen molar-refractivity contribution in [3.63, 3.8) is 0 Å². The van der Waals surface area contributed by atoms with E-state index in [-0.39, 0.29) is 6.61 Å². The fourth-order valence-electron chi connectivity index (χ4n) is 1.23. The molecule has 0 rings (SSSR count). The third-order valence-electron chi connectivity index (χ3n) is 1.86. The van der Waals surface area contributed by atoms with Crippen LogP contribution in [0, 0.1) is 0 Å². The van der Waals surface area contributed by atoms with Gasteiger partial charge in [0.2, 0.25) is 10.4 Å². The Kier molecular flexibility index (Phi) is 11.8. The zero-order valence-electron chi connectivity index (χ0n) is 12.0. The van der Waals surface area contributed by atoms with Crippen LogP contribution in [0.25, 0.3) is 0 Å². The number of hydrogen-bond donors (Lipinski definition) is 0. The second-order valence-corrected chi connectivity index (χ2v) is 5.19. The van der Waals surface area contributed by atoms with Crippen LogP contribution in [-0.4, -0.2) is 67.7 Å². The minimum Gasteiger partial charge on any atom is -0.726 e. The van der Waals surface area contributed by atoms with Gasteiger partial charge in [0, 0.05) is 0 Å². The van der Waals surface area contributed by atoms with Gasteiger partial charge in [0.25, 0.3) is 0 Å². The van der Waals surface area contributed by atoms with E-state index in [9.17, 15) is 13.0 Å². The normalized spacial score (nSPS) is 10.4. The monoisotopic (exact) mass is 300 g/mol. The van der Waals surface area contributed by atoms with Crippen molar-refractivity contribution in [1.29, 1.82) is 0 Å². The second-order valence-electron chi connectivity index (χ2n) is 3.37. The van der Waals surface area contributed by atoms with E-state index in [2.05, 4.69) is 47.9 Å². The lowest BCUT2D eigenvalue weighted by Gasteiger charge is -2.14. The van der Waals surface area contributed by atoms with Gasteiger partial charge in [0.1, 0.15) is 0 Å². The Bertz CT molecular complexity index is 334. The Labute approximate surface area is 115 Å². The van der Waals surface area contributed by atoms with Crippen molar-refractivity contribution in [1.82, 2.24) is 4.90 Å². The molecular weight excluding hydrogens is 276 g/mol. The topological polar surface area (TPSA) is 72.7 Å². The van der Waals surface area contributed by atoms with Gasteiger partial charge in [-0.1, -0.05) is 0 Å². The van der Waals surface area contributed by atoms with E-state index < -0.39 is 10.4 Å². The molecule has 0 aromatic heterocycles. The van der Waals surface area contributed by atoms with Crippen molar-refractivity contribution >= 4 is 27.3 Å². The fourth-order valence-corrected chi connectivity index (χ4v) is 2.40. The van der Waals surface area contributed by atoms with Gasteiger partial charge in [0.05, 0.1) is 33.8 Å². The van der Waals surface area contributed by atoms with Crippen LogP contribution in [0.1, 0.15) is 20.8 Å². The van der Waals surface area contributed by atoms with Gasteiger partial charge in [-0.25, -0.2) is 8.42 Å². The number of rotatable bonds is 4. The van der Waals surface area contributed by atoms with Crippen molar-refractivity contribution in [2.75, 3.05) is 40.0 Å². The molecule has 0 bridgehead atoms. The first-order chi connectivity index (χ1) is 8.23. The molecule has 18 heavy (non-hydrogen) atoms. The standard InChI is InChI=1S/C8H19N2S.C2H6O4S/c1-6-10(7-2)8(11-5)9(3)4;1-2-6-7(3,4)5/h6-7H2,1-5H3;2H2,1H3,(H,3,4,5)/q+1;/p-1. The van der Waals surface area contributed by atoms with Gasteiger partial charge in [-0.15, -0.1) is 0 Å². The molecule has 0 aliphatic rings. The van der Waals surface area contributed by atoms with Crippen LogP contribution >= 0.6 is 11.8 Å². The van der Waals surface area contributed by atoms with Gasteiger partial charge in [-0.2, -0.15) is 0 Å². The summed E-state index contributed by atoms with van der Waals surface area (Å²) in [6.45, 7) is 7.88. The highest BCUT2D eigenvalue weighted by Gasteiger charge is 2.14. The molecule has 0 atom stereocenters. The van der Waals surface area contributed by atoms with Crippen LogP contribution in [0.3, 0.4) is 0 Å². The molecule has 0 heterocycles. The maximum absolute atomic E-state index is 9.45. The summed E-state index contributed by atoms with van der Waals surface area (Å²) in [4.78, 5) is 2.35. The Hall–Kier alpha value is -0.310. The summed E-state index contributed by atoms with van der Waals surface area (Å²) in [7, 11) is -0.249. The molecule has 0 aliphatic heterocycles. The van der Waals surface area contributed by atoms with Crippen molar-refractivity contribution in [2.24, 2.45) is 0 Å². The van der Waals surface area contributed by atoms with E-state index in [1.54, 1.807) is 11.8 Å². The molecule has 0 radical (unpaired) electrons. The summed E-state index contributed by atoms with van der Waals surface area (Å²) in [6.07, 6.45) is 2.12. The van der Waals surface area contributed by atoms with Gasteiger partial charge < -0.3 is 4.55 Å². The summed E-state index contributed by atoms with van der Waals surface area (Å²) in [5, 5.41) is 1.34. The molecule has 6 nitrogen and oxygen atoms in total. The fraction of sp³-hybridized carbons (Fsp3) is 0.900. The van der Waals surface area contributed by atoms with Crippen LogP contribution in [0.5, 0.6) is 0 Å². The molecule has 0 spiro atoms. The van der Waals surface area contributed by atoms with E-state index in [4.69, 9.17) is 0 Å². The molecule has 0 unspecified atom stereocenters. The summed E-state index contributed by atoms with van der Waals surface area (Å²) in [5.41, 5.74) is 0. The van der Waals surface area contributed by atoms with E-state index >= 15 is 0 Å². The highest BCUT2D eigenvalue weighted by molar-refractivity contribution is 8.12. The predicted octanol–water partition coefficient (Wildman–Crippen LogP) is 0.802. The van der Waals surface area contributed by atoms with Crippen molar-refractivity contribution in [3.8, 4) is 0 Å². The largest absolute Gasteiger partial charge is 0.726 e.